The SMILES string of the molecule is CCCCCCN1CCN(c2ccc(S(=O)(=O)Oc3ccccc3)cc2)C1=O. The molecule has 3 rings (SSSR count). The maximum atomic E-state index is 12.6. The van der Waals surface area contributed by atoms with Crippen molar-refractivity contribution in [1.82, 2.24) is 4.90 Å². The molecule has 0 saturated carbocycles. The largest absolute Gasteiger partial charge is 0.379 e. The van der Waals surface area contributed by atoms with Gasteiger partial charge in [-0.2, -0.15) is 8.42 Å². The van der Waals surface area contributed by atoms with Gasteiger partial charge in [-0.3, -0.25) is 4.90 Å². The first-order chi connectivity index (χ1) is 13.5. The summed E-state index contributed by atoms with van der Waals surface area (Å²) in [5, 5.41) is 0. The zero-order valence-corrected chi connectivity index (χ0v) is 16.9. The van der Waals surface area contributed by atoms with E-state index in [4.69, 9.17) is 4.18 Å². The number of rotatable bonds is 9. The van der Waals surface area contributed by atoms with Crippen LogP contribution in [0.15, 0.2) is 59.5 Å². The molecule has 1 fully saturated rings. The van der Waals surface area contributed by atoms with E-state index in [9.17, 15) is 13.2 Å². The summed E-state index contributed by atoms with van der Waals surface area (Å²) in [6, 6.07) is 14.6. The van der Waals surface area contributed by atoms with Crippen molar-refractivity contribution >= 4 is 21.8 Å². The van der Waals surface area contributed by atoms with Gasteiger partial charge in [0.1, 0.15) is 10.6 Å². The van der Waals surface area contributed by atoms with Crippen LogP contribution in [-0.4, -0.2) is 39.0 Å². The van der Waals surface area contributed by atoms with Gasteiger partial charge in [-0.25, -0.2) is 4.79 Å². The third kappa shape index (κ3) is 4.84. The molecule has 1 saturated heterocycles. The molecule has 0 unspecified atom stereocenters. The van der Waals surface area contributed by atoms with Crippen LogP contribution in [0.1, 0.15) is 32.6 Å². The molecular weight excluding hydrogens is 376 g/mol. The number of carbonyl (C=O) groups is 1. The smallest absolute Gasteiger partial charge is 0.339 e. The monoisotopic (exact) mass is 402 g/mol. The average Bonchev–Trinajstić information content (AvgIpc) is 3.06. The predicted octanol–water partition coefficient (Wildman–Crippen LogP) is 4.28. The van der Waals surface area contributed by atoms with E-state index in [1.54, 1.807) is 47.4 Å². The van der Waals surface area contributed by atoms with E-state index >= 15 is 0 Å². The number of hydrogen-bond donors (Lipinski definition) is 0. The molecule has 0 bridgehead atoms. The molecule has 2 aromatic rings. The van der Waals surface area contributed by atoms with E-state index < -0.39 is 10.1 Å². The Balaban J connectivity index is 1.63. The number of carbonyl (C=O) groups excluding carboxylic acids is 1. The highest BCUT2D eigenvalue weighted by atomic mass is 32.2. The number of nitrogens with zero attached hydrogens (tertiary/aromatic N) is 2. The van der Waals surface area contributed by atoms with Gasteiger partial charge in [-0.15, -0.1) is 0 Å². The first-order valence-electron chi connectivity index (χ1n) is 9.67. The zero-order chi connectivity index (χ0) is 20.0. The predicted molar refractivity (Wildman–Crippen MR) is 109 cm³/mol. The lowest BCUT2D eigenvalue weighted by atomic mass is 10.2. The third-order valence-electron chi connectivity index (χ3n) is 4.76. The van der Waals surface area contributed by atoms with Crippen LogP contribution in [0.2, 0.25) is 0 Å². The van der Waals surface area contributed by atoms with Crippen LogP contribution in [0.5, 0.6) is 5.75 Å². The van der Waals surface area contributed by atoms with Crippen LogP contribution in [0, 0.1) is 0 Å². The fraction of sp³-hybridized carbons (Fsp3) is 0.381. The van der Waals surface area contributed by atoms with Crippen molar-refractivity contribution in [2.75, 3.05) is 24.5 Å². The minimum Gasteiger partial charge on any atom is -0.379 e. The summed E-state index contributed by atoms with van der Waals surface area (Å²) in [6.07, 6.45) is 4.51. The minimum absolute atomic E-state index is 0.0207. The van der Waals surface area contributed by atoms with Crippen LogP contribution >= 0.6 is 0 Å². The van der Waals surface area contributed by atoms with Crippen LogP contribution < -0.4 is 9.08 Å². The van der Waals surface area contributed by atoms with Gasteiger partial charge in [0, 0.05) is 25.3 Å². The lowest BCUT2D eigenvalue weighted by molar-refractivity contribution is 0.219. The molecule has 28 heavy (non-hydrogen) atoms. The molecule has 0 N–H and O–H groups in total. The summed E-state index contributed by atoms with van der Waals surface area (Å²) in [6.45, 7) is 4.24. The molecular formula is C21H26N2O4S. The molecule has 1 aliphatic heterocycles. The Bertz CT molecular complexity index is 882. The molecule has 0 spiro atoms. The topological polar surface area (TPSA) is 66.9 Å². The van der Waals surface area contributed by atoms with Crippen LogP contribution in [0.25, 0.3) is 0 Å². The first kappa shape index (κ1) is 20.2. The number of urea groups is 1. The summed E-state index contributed by atoms with van der Waals surface area (Å²) < 4.78 is 30.0. The fourth-order valence-corrected chi connectivity index (χ4v) is 4.13. The maximum Gasteiger partial charge on any atom is 0.339 e. The Morgan fingerprint density at radius 1 is 0.929 bits per heavy atom. The van der Waals surface area contributed by atoms with E-state index in [0.29, 0.717) is 18.8 Å². The van der Waals surface area contributed by atoms with Gasteiger partial charge < -0.3 is 9.08 Å². The van der Waals surface area contributed by atoms with Gasteiger partial charge in [-0.05, 0) is 42.8 Å². The molecule has 150 valence electrons. The number of para-hydroxylation sites is 1. The highest BCUT2D eigenvalue weighted by Gasteiger charge is 2.29. The summed E-state index contributed by atoms with van der Waals surface area (Å²) in [5.74, 6) is 0.264. The molecule has 0 aliphatic carbocycles. The second-order valence-corrected chi connectivity index (χ2v) is 8.37. The molecule has 0 atom stereocenters. The average molecular weight is 403 g/mol. The highest BCUT2D eigenvalue weighted by molar-refractivity contribution is 7.87. The van der Waals surface area contributed by atoms with E-state index in [1.165, 1.54) is 25.0 Å². The molecule has 6 nitrogen and oxygen atoms in total. The summed E-state index contributed by atoms with van der Waals surface area (Å²) in [7, 11) is -3.91. The molecule has 2 amide bonds. The second-order valence-electron chi connectivity index (χ2n) is 6.83. The van der Waals surface area contributed by atoms with Crippen molar-refractivity contribution < 1.29 is 17.4 Å². The standard InChI is InChI=1S/C21H26N2O4S/c1-2-3-4-8-15-22-16-17-23(21(22)24)18-11-13-20(14-12-18)28(25,26)27-19-9-6-5-7-10-19/h5-7,9-14H,2-4,8,15-17H2,1H3. The lowest BCUT2D eigenvalue weighted by Crippen LogP contribution is -2.32. The normalized spacial score (nSPS) is 14.5. The molecule has 1 aliphatic rings. The summed E-state index contributed by atoms with van der Waals surface area (Å²) in [4.78, 5) is 16.2. The fourth-order valence-electron chi connectivity index (χ4n) is 3.20. The second kappa shape index (κ2) is 9.10. The molecule has 0 radical (unpaired) electrons. The summed E-state index contributed by atoms with van der Waals surface area (Å²) in [5.41, 5.74) is 0.694. The molecule has 7 heteroatoms. The van der Waals surface area contributed by atoms with Gasteiger partial charge in [0.2, 0.25) is 0 Å². The number of hydrogen-bond acceptors (Lipinski definition) is 4. The Labute approximate surface area is 166 Å². The highest BCUT2D eigenvalue weighted by Crippen LogP contribution is 2.24. The van der Waals surface area contributed by atoms with Crippen molar-refractivity contribution in [2.45, 2.75) is 37.5 Å². The Kier molecular flexibility index (Phi) is 6.57. The number of anilines is 1. The third-order valence-corrected chi connectivity index (χ3v) is 6.02. The van der Waals surface area contributed by atoms with Crippen molar-refractivity contribution in [3.63, 3.8) is 0 Å². The van der Waals surface area contributed by atoms with Crippen molar-refractivity contribution in [1.29, 1.82) is 0 Å². The molecule has 2 aromatic carbocycles. The van der Waals surface area contributed by atoms with Gasteiger partial charge >= 0.3 is 16.1 Å². The van der Waals surface area contributed by atoms with Crippen molar-refractivity contribution in [2.24, 2.45) is 0 Å². The van der Waals surface area contributed by atoms with Gasteiger partial charge in [0.25, 0.3) is 0 Å². The summed E-state index contributed by atoms with van der Waals surface area (Å²) >= 11 is 0. The van der Waals surface area contributed by atoms with Crippen molar-refractivity contribution in [3.8, 4) is 5.75 Å². The van der Waals surface area contributed by atoms with E-state index in [0.717, 1.165) is 19.4 Å². The van der Waals surface area contributed by atoms with Crippen LogP contribution in [-0.2, 0) is 10.1 Å². The first-order valence-corrected chi connectivity index (χ1v) is 11.1. The number of benzene rings is 2. The maximum absolute atomic E-state index is 12.6. The van der Waals surface area contributed by atoms with E-state index in [1.807, 2.05) is 4.90 Å². The van der Waals surface area contributed by atoms with Crippen LogP contribution in [0.4, 0.5) is 10.5 Å². The Hall–Kier alpha value is -2.54. The molecule has 1 heterocycles. The van der Waals surface area contributed by atoms with E-state index in [-0.39, 0.29) is 16.7 Å². The zero-order valence-electron chi connectivity index (χ0n) is 16.1. The van der Waals surface area contributed by atoms with Gasteiger partial charge in [0.05, 0.1) is 0 Å². The molecule has 0 aromatic heterocycles. The number of unbranched alkanes of at least 4 members (excludes halogenated alkanes) is 3. The lowest BCUT2D eigenvalue weighted by Gasteiger charge is -2.19. The van der Waals surface area contributed by atoms with Crippen LogP contribution in [0.3, 0.4) is 0 Å². The van der Waals surface area contributed by atoms with Gasteiger partial charge in [0.15, 0.2) is 0 Å². The quantitative estimate of drug-likeness (QED) is 0.464. The van der Waals surface area contributed by atoms with Crippen molar-refractivity contribution in [3.05, 3.63) is 54.6 Å². The number of amides is 2. The Morgan fingerprint density at radius 3 is 2.32 bits per heavy atom. The van der Waals surface area contributed by atoms with Gasteiger partial charge in [-0.1, -0.05) is 44.4 Å². The Morgan fingerprint density at radius 2 is 1.64 bits per heavy atom. The minimum atomic E-state index is -3.91. The van der Waals surface area contributed by atoms with E-state index in [2.05, 4.69) is 6.92 Å².